The minimum Gasteiger partial charge on any atom is -0.481 e. The van der Waals surface area contributed by atoms with E-state index in [4.69, 9.17) is 22.4 Å². The van der Waals surface area contributed by atoms with E-state index in [2.05, 4.69) is 5.32 Å². The van der Waals surface area contributed by atoms with Crippen molar-refractivity contribution in [2.75, 3.05) is 5.32 Å². The van der Waals surface area contributed by atoms with Crippen molar-refractivity contribution in [2.45, 2.75) is 25.3 Å². The summed E-state index contributed by atoms with van der Waals surface area (Å²) in [5, 5.41) is 12.6. The highest BCUT2D eigenvalue weighted by molar-refractivity contribution is 6.31. The fourth-order valence-corrected chi connectivity index (χ4v) is 2.58. The minimum atomic E-state index is -0.768. The predicted octanol–water partition coefficient (Wildman–Crippen LogP) is 2.10. The molecule has 0 spiro atoms. The molecule has 0 bridgehead atoms. The van der Waals surface area contributed by atoms with Gasteiger partial charge in [0.1, 0.15) is 0 Å². The van der Waals surface area contributed by atoms with Crippen LogP contribution in [0.4, 0.5) is 5.69 Å². The summed E-state index contributed by atoms with van der Waals surface area (Å²) in [7, 11) is 0. The summed E-state index contributed by atoms with van der Waals surface area (Å²) in [6.07, 6.45) is 1.96. The van der Waals surface area contributed by atoms with E-state index >= 15 is 0 Å². The number of carboxylic acids is 1. The number of carbonyl (C=O) groups excluding carboxylic acids is 1. The first kappa shape index (κ1) is 13.7. The Hall–Kier alpha value is -1.75. The van der Waals surface area contributed by atoms with Gasteiger partial charge in [-0.3, -0.25) is 9.59 Å². The molecule has 1 aliphatic rings. The van der Waals surface area contributed by atoms with Gasteiger partial charge in [-0.25, -0.2) is 0 Å². The van der Waals surface area contributed by atoms with E-state index in [0.717, 1.165) is 6.42 Å². The van der Waals surface area contributed by atoms with E-state index in [1.54, 1.807) is 12.1 Å². The predicted molar refractivity (Wildman–Crippen MR) is 72.4 cm³/mol. The summed E-state index contributed by atoms with van der Waals surface area (Å²) >= 11 is 5.83. The van der Waals surface area contributed by atoms with Crippen LogP contribution in [0.5, 0.6) is 0 Å². The van der Waals surface area contributed by atoms with Gasteiger partial charge in [-0.2, -0.15) is 0 Å². The van der Waals surface area contributed by atoms with Gasteiger partial charge in [0.2, 0.25) is 0 Å². The molecule has 0 aliphatic heterocycles. The van der Waals surface area contributed by atoms with E-state index < -0.39 is 11.9 Å². The second-order valence-electron chi connectivity index (χ2n) is 4.74. The molecule has 1 aliphatic carbocycles. The first-order valence-electron chi connectivity index (χ1n) is 6.06. The highest BCUT2D eigenvalue weighted by Gasteiger charge is 2.30. The van der Waals surface area contributed by atoms with E-state index in [1.807, 2.05) is 0 Å². The van der Waals surface area contributed by atoms with Crippen molar-refractivity contribution < 1.29 is 14.7 Å². The lowest BCUT2D eigenvalue weighted by Crippen LogP contribution is -2.21. The Balaban J connectivity index is 2.12. The van der Waals surface area contributed by atoms with Crippen LogP contribution in [0.25, 0.3) is 0 Å². The van der Waals surface area contributed by atoms with Gasteiger partial charge >= 0.3 is 5.97 Å². The van der Waals surface area contributed by atoms with Crippen LogP contribution in [-0.4, -0.2) is 23.0 Å². The van der Waals surface area contributed by atoms with Crippen LogP contribution in [0.3, 0.4) is 0 Å². The third kappa shape index (κ3) is 3.17. The molecule has 2 unspecified atom stereocenters. The van der Waals surface area contributed by atoms with Crippen molar-refractivity contribution >= 4 is 29.2 Å². The summed E-state index contributed by atoms with van der Waals surface area (Å²) < 4.78 is 0. The Labute approximate surface area is 115 Å². The highest BCUT2D eigenvalue weighted by Crippen LogP contribution is 2.30. The molecular weight excluding hydrogens is 268 g/mol. The first-order chi connectivity index (χ1) is 8.97. The average molecular weight is 283 g/mol. The number of nitrogens with two attached hydrogens (primary N) is 1. The Morgan fingerprint density at radius 1 is 1.37 bits per heavy atom. The molecule has 2 rings (SSSR count). The minimum absolute atomic E-state index is 0.0420. The summed E-state index contributed by atoms with van der Waals surface area (Å²) in [6.45, 7) is 0. The number of halogens is 1. The van der Waals surface area contributed by atoms with Crippen molar-refractivity contribution in [1.29, 1.82) is 0 Å². The molecule has 0 aromatic heterocycles. The van der Waals surface area contributed by atoms with E-state index in [9.17, 15) is 9.59 Å². The molecule has 1 aromatic rings. The number of hydrogen-bond acceptors (Lipinski definition) is 3. The monoisotopic (exact) mass is 282 g/mol. The van der Waals surface area contributed by atoms with Crippen LogP contribution in [-0.2, 0) is 4.79 Å². The molecule has 5 nitrogen and oxygen atoms in total. The molecule has 1 amide bonds. The molecule has 102 valence electrons. The van der Waals surface area contributed by atoms with Gasteiger partial charge in [-0.1, -0.05) is 11.6 Å². The van der Waals surface area contributed by atoms with Gasteiger partial charge in [0.15, 0.2) is 0 Å². The number of anilines is 1. The Morgan fingerprint density at radius 3 is 2.68 bits per heavy atom. The van der Waals surface area contributed by atoms with Crippen LogP contribution < -0.4 is 11.1 Å². The molecule has 1 saturated carbocycles. The zero-order valence-electron chi connectivity index (χ0n) is 10.2. The first-order valence-corrected chi connectivity index (χ1v) is 6.44. The average Bonchev–Trinajstić information content (AvgIpc) is 2.80. The number of amides is 1. The summed E-state index contributed by atoms with van der Waals surface area (Å²) in [6, 6.07) is 4.91. The maximum Gasteiger partial charge on any atom is 0.306 e. The van der Waals surface area contributed by atoms with Gasteiger partial charge in [0, 0.05) is 16.8 Å². The lowest BCUT2D eigenvalue weighted by molar-refractivity contribution is -0.141. The lowest BCUT2D eigenvalue weighted by Gasteiger charge is -2.16. The maximum atomic E-state index is 11.3. The highest BCUT2D eigenvalue weighted by atomic mass is 35.5. The van der Waals surface area contributed by atoms with E-state index in [1.165, 1.54) is 6.07 Å². The van der Waals surface area contributed by atoms with E-state index in [-0.39, 0.29) is 12.0 Å². The van der Waals surface area contributed by atoms with Crippen LogP contribution in [0, 0.1) is 5.92 Å². The standard InChI is InChI=1S/C13H15ClN2O3/c14-8-2-4-11(10(6-8)12(15)17)16-9-3-1-7(5-9)13(18)19/h2,4,6-7,9,16H,1,3,5H2,(H2,15,17)(H,18,19). The van der Waals surface area contributed by atoms with Crippen LogP contribution in [0.1, 0.15) is 29.6 Å². The van der Waals surface area contributed by atoms with Crippen molar-refractivity contribution in [2.24, 2.45) is 11.7 Å². The lowest BCUT2D eigenvalue weighted by atomic mass is 10.1. The third-order valence-corrected chi connectivity index (χ3v) is 3.62. The molecule has 1 aromatic carbocycles. The summed E-state index contributed by atoms with van der Waals surface area (Å²) in [5.74, 6) is -1.64. The van der Waals surface area contributed by atoms with Crippen molar-refractivity contribution in [3.8, 4) is 0 Å². The maximum absolute atomic E-state index is 11.3. The molecule has 2 atom stereocenters. The zero-order chi connectivity index (χ0) is 14.0. The molecule has 4 N–H and O–H groups in total. The third-order valence-electron chi connectivity index (χ3n) is 3.39. The number of hydrogen-bond donors (Lipinski definition) is 3. The smallest absolute Gasteiger partial charge is 0.306 e. The van der Waals surface area contributed by atoms with Crippen molar-refractivity contribution in [3.63, 3.8) is 0 Å². The fraction of sp³-hybridized carbons (Fsp3) is 0.385. The Morgan fingerprint density at radius 2 is 2.11 bits per heavy atom. The van der Waals surface area contributed by atoms with Crippen LogP contribution in [0.2, 0.25) is 5.02 Å². The number of nitrogens with one attached hydrogen (secondary N) is 1. The number of rotatable bonds is 4. The number of aliphatic carboxylic acids is 1. The normalized spacial score (nSPS) is 22.2. The van der Waals surface area contributed by atoms with Crippen LogP contribution >= 0.6 is 11.6 Å². The van der Waals surface area contributed by atoms with Gasteiger partial charge in [-0.05, 0) is 37.5 Å². The second kappa shape index (κ2) is 5.48. The van der Waals surface area contributed by atoms with E-state index in [0.29, 0.717) is 29.1 Å². The number of benzene rings is 1. The van der Waals surface area contributed by atoms with Gasteiger partial charge in [0.05, 0.1) is 11.5 Å². The molecule has 0 saturated heterocycles. The molecule has 0 heterocycles. The molecule has 1 fully saturated rings. The topological polar surface area (TPSA) is 92.4 Å². The fourth-order valence-electron chi connectivity index (χ4n) is 2.40. The number of carboxylic acid groups (broad SMARTS) is 1. The summed E-state index contributed by atoms with van der Waals surface area (Å²) in [4.78, 5) is 22.2. The van der Waals surface area contributed by atoms with Crippen molar-refractivity contribution in [3.05, 3.63) is 28.8 Å². The van der Waals surface area contributed by atoms with Gasteiger partial charge < -0.3 is 16.2 Å². The Bertz CT molecular complexity index is 519. The largest absolute Gasteiger partial charge is 0.481 e. The Kier molecular flexibility index (Phi) is 3.95. The van der Waals surface area contributed by atoms with Gasteiger partial charge in [0.25, 0.3) is 5.91 Å². The van der Waals surface area contributed by atoms with Crippen LogP contribution in [0.15, 0.2) is 18.2 Å². The SMILES string of the molecule is NC(=O)c1cc(Cl)ccc1NC1CCC(C(=O)O)C1. The second-order valence-corrected chi connectivity index (χ2v) is 5.18. The molecule has 0 radical (unpaired) electrons. The molecular formula is C13H15ClN2O3. The molecule has 6 heteroatoms. The molecule has 19 heavy (non-hydrogen) atoms. The quantitative estimate of drug-likeness (QED) is 0.788. The summed E-state index contributed by atoms with van der Waals surface area (Å²) in [5.41, 5.74) is 6.23. The van der Waals surface area contributed by atoms with Crippen molar-refractivity contribution in [1.82, 2.24) is 0 Å². The van der Waals surface area contributed by atoms with Gasteiger partial charge in [-0.15, -0.1) is 0 Å². The number of carbonyl (C=O) groups is 2. The zero-order valence-corrected chi connectivity index (χ0v) is 11.0. The number of primary amides is 1.